The minimum Gasteiger partial charge on any atom is -0.364 e. The van der Waals surface area contributed by atoms with Crippen LogP contribution in [0, 0.1) is 5.92 Å². The average molecular weight is 762 g/mol. The van der Waals surface area contributed by atoms with Crippen LogP contribution in [0.15, 0.2) is 48.7 Å². The molecule has 56 heavy (non-hydrogen) atoms. The van der Waals surface area contributed by atoms with Crippen molar-refractivity contribution in [1.82, 2.24) is 40.1 Å². The van der Waals surface area contributed by atoms with E-state index in [-0.39, 0.29) is 54.0 Å². The quantitative estimate of drug-likeness (QED) is 0.175. The van der Waals surface area contributed by atoms with Crippen molar-refractivity contribution in [2.45, 2.75) is 89.1 Å². The highest BCUT2D eigenvalue weighted by molar-refractivity contribution is 6.01. The molecule has 4 fully saturated rings. The predicted molar refractivity (Wildman–Crippen MR) is 209 cm³/mol. The van der Waals surface area contributed by atoms with Crippen LogP contribution in [0.2, 0.25) is 0 Å². The van der Waals surface area contributed by atoms with Crippen LogP contribution in [0.5, 0.6) is 0 Å². The maximum atomic E-state index is 13.7. The Hall–Kier alpha value is -5.44. The maximum absolute atomic E-state index is 13.7. The van der Waals surface area contributed by atoms with Gasteiger partial charge in [0.05, 0.1) is 53.3 Å². The van der Waals surface area contributed by atoms with Gasteiger partial charge >= 0.3 is 0 Å². The number of anilines is 4. The van der Waals surface area contributed by atoms with E-state index in [0.717, 1.165) is 86.2 Å². The van der Waals surface area contributed by atoms with Crippen LogP contribution in [0.25, 0.3) is 11.1 Å². The molecule has 3 aliphatic heterocycles. The number of benzene rings is 1. The molecule has 2 saturated carbocycles. The Morgan fingerprint density at radius 3 is 2.45 bits per heavy atom. The number of alkyl halides is 1. The SMILES string of the molecule is CC[C@H]1c2c(cnn2C2CCN(Cc3cccc(C(=O)N4CC[C@@H](F)C4)n3)CC2)-c2cccc(Nc3cc(NC(=O)C4CC4)nnc3C(=O)NC3CC3)c2N1C. The fraction of sp³-hybridized carbons (Fsp3) is 0.488. The normalized spacial score (nSPS) is 21.1. The standard InChI is InChI=1S/C41H48FN11O3/c1-3-34-38-30(21-43-53(38)28-15-17-51(18-16-28)23-27-6-4-9-32(44-27)41(56)52-19-14-25(42)22-52)29-7-5-8-31(37(29)50(34)2)46-33-20-35(47-39(54)24-10-11-24)48-49-36(33)40(55)45-26-12-13-26/h4-9,20-21,24-26,28,34H,3,10-19,22-23H2,1-2H3,(H,45,55)(H2,46,47,48,54)/t25-,34+/m1/s1. The highest BCUT2D eigenvalue weighted by atomic mass is 19.1. The van der Waals surface area contributed by atoms with Gasteiger partial charge in [0.25, 0.3) is 11.8 Å². The number of hydrogen-bond donors (Lipinski definition) is 3. The lowest BCUT2D eigenvalue weighted by atomic mass is 9.91. The highest BCUT2D eigenvalue weighted by Crippen LogP contribution is 2.50. The van der Waals surface area contributed by atoms with E-state index in [1.54, 1.807) is 17.0 Å². The van der Waals surface area contributed by atoms with Crippen LogP contribution in [0.1, 0.15) is 103 Å². The number of para-hydroxylation sites is 1. The number of halogens is 1. The minimum absolute atomic E-state index is 0.00152. The molecule has 0 radical (unpaired) electrons. The van der Waals surface area contributed by atoms with Crippen LogP contribution in [-0.2, 0) is 11.3 Å². The zero-order valence-corrected chi connectivity index (χ0v) is 31.9. The van der Waals surface area contributed by atoms with Crippen molar-refractivity contribution in [3.8, 4) is 11.1 Å². The van der Waals surface area contributed by atoms with Crippen LogP contribution in [-0.4, -0.2) is 97.9 Å². The number of pyridine rings is 1. The molecule has 3 N–H and O–H groups in total. The van der Waals surface area contributed by atoms with Gasteiger partial charge in [-0.3, -0.25) is 24.0 Å². The summed E-state index contributed by atoms with van der Waals surface area (Å²) in [6, 6.07) is 13.8. The molecule has 292 valence electrons. The van der Waals surface area contributed by atoms with Gasteiger partial charge < -0.3 is 25.8 Å². The molecule has 5 aliphatic rings. The van der Waals surface area contributed by atoms with Gasteiger partial charge in [0, 0.05) is 62.4 Å². The summed E-state index contributed by atoms with van der Waals surface area (Å²) >= 11 is 0. The van der Waals surface area contributed by atoms with E-state index >= 15 is 0 Å². The zero-order valence-electron chi connectivity index (χ0n) is 31.9. The lowest BCUT2D eigenvalue weighted by Crippen LogP contribution is -2.37. The van der Waals surface area contributed by atoms with Gasteiger partial charge in [-0.1, -0.05) is 25.1 Å². The first kappa shape index (κ1) is 36.2. The molecule has 3 amide bonds. The number of fused-ring (bicyclic) bond motifs is 3. The topological polar surface area (TPSA) is 154 Å². The molecular formula is C41H48FN11O3. The molecule has 2 saturated heterocycles. The molecule has 6 heterocycles. The summed E-state index contributed by atoms with van der Waals surface area (Å²) < 4.78 is 16.0. The molecule has 9 rings (SSSR count). The summed E-state index contributed by atoms with van der Waals surface area (Å²) in [5.41, 5.74) is 7.02. The largest absolute Gasteiger partial charge is 0.364 e. The third-order valence-corrected chi connectivity index (χ3v) is 11.8. The lowest BCUT2D eigenvalue weighted by molar-refractivity contribution is -0.117. The van der Waals surface area contributed by atoms with Crippen molar-refractivity contribution in [3.05, 3.63) is 71.4 Å². The van der Waals surface area contributed by atoms with Crippen LogP contribution in [0.4, 0.5) is 27.3 Å². The van der Waals surface area contributed by atoms with Gasteiger partial charge in [-0.15, -0.1) is 10.2 Å². The molecule has 14 nitrogen and oxygen atoms in total. The first-order valence-electron chi connectivity index (χ1n) is 20.1. The van der Waals surface area contributed by atoms with E-state index in [2.05, 4.69) is 65.7 Å². The summed E-state index contributed by atoms with van der Waals surface area (Å²) in [4.78, 5) is 49.8. The summed E-state index contributed by atoms with van der Waals surface area (Å²) in [6.07, 6.45) is 7.75. The highest BCUT2D eigenvalue weighted by Gasteiger charge is 2.37. The summed E-state index contributed by atoms with van der Waals surface area (Å²) in [5.74, 6) is -0.266. The molecule has 4 aromatic rings. The van der Waals surface area contributed by atoms with Crippen LogP contribution >= 0.6 is 0 Å². The van der Waals surface area contributed by atoms with Crippen LogP contribution in [0.3, 0.4) is 0 Å². The number of nitrogens with zero attached hydrogens (tertiary/aromatic N) is 8. The Morgan fingerprint density at radius 1 is 0.911 bits per heavy atom. The van der Waals surface area contributed by atoms with Gasteiger partial charge in [0.1, 0.15) is 11.9 Å². The van der Waals surface area contributed by atoms with Gasteiger partial charge in [-0.25, -0.2) is 9.37 Å². The third-order valence-electron chi connectivity index (χ3n) is 11.8. The molecular weight excluding hydrogens is 714 g/mol. The van der Waals surface area contributed by atoms with E-state index in [9.17, 15) is 18.8 Å². The predicted octanol–water partition coefficient (Wildman–Crippen LogP) is 5.64. The summed E-state index contributed by atoms with van der Waals surface area (Å²) in [5, 5.41) is 23.0. The molecule has 1 aromatic carbocycles. The maximum Gasteiger partial charge on any atom is 0.274 e. The van der Waals surface area contributed by atoms with E-state index in [1.165, 1.54) is 5.69 Å². The van der Waals surface area contributed by atoms with Crippen molar-refractivity contribution in [3.63, 3.8) is 0 Å². The van der Waals surface area contributed by atoms with Crippen molar-refractivity contribution in [1.29, 1.82) is 0 Å². The second kappa shape index (κ2) is 14.9. The van der Waals surface area contributed by atoms with Gasteiger partial charge in [-0.05, 0) is 69.6 Å². The van der Waals surface area contributed by atoms with Crippen molar-refractivity contribution in [2.24, 2.45) is 5.92 Å². The Bertz CT molecular complexity index is 2160. The van der Waals surface area contributed by atoms with Gasteiger partial charge in [-0.2, -0.15) is 5.10 Å². The van der Waals surface area contributed by atoms with E-state index < -0.39 is 6.17 Å². The number of hydrogen-bond acceptors (Lipinski definition) is 10. The number of aromatic nitrogens is 5. The first-order chi connectivity index (χ1) is 27.2. The molecule has 2 aliphatic carbocycles. The average Bonchev–Trinajstić information content (AvgIpc) is 4.14. The Morgan fingerprint density at radius 2 is 1.71 bits per heavy atom. The number of carbonyl (C=O) groups is 3. The number of rotatable bonds is 11. The summed E-state index contributed by atoms with van der Waals surface area (Å²) in [7, 11) is 2.11. The molecule has 3 aromatic heterocycles. The van der Waals surface area contributed by atoms with E-state index in [1.807, 2.05) is 30.5 Å². The summed E-state index contributed by atoms with van der Waals surface area (Å²) in [6.45, 7) is 5.15. The van der Waals surface area contributed by atoms with E-state index in [4.69, 9.17) is 5.10 Å². The number of carbonyl (C=O) groups excluding carboxylic acids is 3. The fourth-order valence-electron chi connectivity index (χ4n) is 8.47. The fourth-order valence-corrected chi connectivity index (χ4v) is 8.47. The Kier molecular flexibility index (Phi) is 9.64. The molecule has 2 atom stereocenters. The Balaban J connectivity index is 0.937. The molecule has 0 unspecified atom stereocenters. The second-order valence-corrected chi connectivity index (χ2v) is 15.9. The number of nitrogens with one attached hydrogen (secondary N) is 3. The number of amides is 3. The van der Waals surface area contributed by atoms with E-state index in [0.29, 0.717) is 36.7 Å². The van der Waals surface area contributed by atoms with Gasteiger partial charge in [0.15, 0.2) is 11.5 Å². The van der Waals surface area contributed by atoms with Crippen LogP contribution < -0.4 is 20.9 Å². The van der Waals surface area contributed by atoms with Crippen molar-refractivity contribution >= 4 is 40.6 Å². The van der Waals surface area contributed by atoms with Crippen molar-refractivity contribution in [2.75, 3.05) is 48.8 Å². The minimum atomic E-state index is -0.959. The molecule has 0 spiro atoms. The molecule has 0 bridgehead atoms. The first-order valence-corrected chi connectivity index (χ1v) is 20.1. The molecule has 15 heteroatoms. The third kappa shape index (κ3) is 7.19. The zero-order chi connectivity index (χ0) is 38.5. The smallest absolute Gasteiger partial charge is 0.274 e. The Labute approximate surface area is 325 Å². The number of likely N-dealkylation sites (tertiary alicyclic amines) is 2. The lowest BCUT2D eigenvalue weighted by Gasteiger charge is -2.39. The second-order valence-electron chi connectivity index (χ2n) is 15.9. The monoisotopic (exact) mass is 761 g/mol. The van der Waals surface area contributed by atoms with Gasteiger partial charge in [0.2, 0.25) is 5.91 Å². The van der Waals surface area contributed by atoms with Crippen molar-refractivity contribution < 1.29 is 18.8 Å². The number of piperidine rings is 1.